The molecule has 0 aliphatic rings. The lowest BCUT2D eigenvalue weighted by atomic mass is 10.0. The van der Waals surface area contributed by atoms with Crippen molar-refractivity contribution < 1.29 is 15.0 Å². The van der Waals surface area contributed by atoms with E-state index in [9.17, 15) is 15.0 Å². The summed E-state index contributed by atoms with van der Waals surface area (Å²) in [5, 5.41) is 23.1. The molecule has 2 atom stereocenters. The Morgan fingerprint density at radius 3 is 1.03 bits per heavy atom. The highest BCUT2D eigenvalue weighted by molar-refractivity contribution is 5.76. The van der Waals surface area contributed by atoms with Crippen LogP contribution in [0.2, 0.25) is 0 Å². The van der Waals surface area contributed by atoms with Gasteiger partial charge in [-0.1, -0.05) is 243 Å². The van der Waals surface area contributed by atoms with Gasteiger partial charge in [-0.3, -0.25) is 4.79 Å². The average molecular weight is 880 g/mol. The highest BCUT2D eigenvalue weighted by atomic mass is 16.3. The van der Waals surface area contributed by atoms with Gasteiger partial charge in [-0.2, -0.15) is 0 Å². The molecule has 0 radical (unpaired) electrons. The number of unbranched alkanes of at least 4 members (excludes halogenated alkanes) is 14. The van der Waals surface area contributed by atoms with Crippen molar-refractivity contribution in [3.63, 3.8) is 0 Å². The molecule has 0 fully saturated rings. The molecule has 0 aromatic carbocycles. The summed E-state index contributed by atoms with van der Waals surface area (Å²) in [6.45, 7) is 4.21. The normalized spacial score (nSPS) is 14.1. The lowest BCUT2D eigenvalue weighted by molar-refractivity contribution is -0.123. The topological polar surface area (TPSA) is 69.6 Å². The fraction of sp³-hybridized carbons (Fsp3) is 0.583. The first-order valence-electron chi connectivity index (χ1n) is 26.0. The Morgan fingerprint density at radius 1 is 0.391 bits per heavy atom. The summed E-state index contributed by atoms with van der Waals surface area (Å²) in [5.41, 5.74) is 0. The summed E-state index contributed by atoms with van der Waals surface area (Å²) in [4.78, 5) is 12.4. The number of nitrogens with one attached hydrogen (secondary N) is 1. The first kappa shape index (κ1) is 60.3. The quantitative estimate of drug-likeness (QED) is 0.0422. The van der Waals surface area contributed by atoms with E-state index >= 15 is 0 Å². The van der Waals surface area contributed by atoms with Gasteiger partial charge in [-0.25, -0.2) is 0 Å². The van der Waals surface area contributed by atoms with Crippen molar-refractivity contribution in [1.82, 2.24) is 5.32 Å². The molecule has 0 spiro atoms. The van der Waals surface area contributed by atoms with Crippen molar-refractivity contribution in [1.29, 1.82) is 0 Å². The van der Waals surface area contributed by atoms with Gasteiger partial charge in [0.1, 0.15) is 0 Å². The maximum Gasteiger partial charge on any atom is 0.220 e. The van der Waals surface area contributed by atoms with Gasteiger partial charge in [0.15, 0.2) is 0 Å². The van der Waals surface area contributed by atoms with E-state index in [1.165, 1.54) is 57.8 Å². The Balaban J connectivity index is 3.70. The van der Waals surface area contributed by atoms with E-state index in [0.717, 1.165) is 122 Å². The fourth-order valence-electron chi connectivity index (χ4n) is 6.93. The molecule has 0 aromatic heterocycles. The third-order valence-corrected chi connectivity index (χ3v) is 10.9. The minimum Gasteiger partial charge on any atom is -0.394 e. The molecule has 4 heteroatoms. The average Bonchev–Trinajstić information content (AvgIpc) is 3.30. The van der Waals surface area contributed by atoms with Gasteiger partial charge in [-0.15, -0.1) is 0 Å². The molecule has 0 heterocycles. The molecule has 1 amide bonds. The van der Waals surface area contributed by atoms with Gasteiger partial charge in [-0.05, 0) is 103 Å². The highest BCUT2D eigenvalue weighted by Gasteiger charge is 2.20. The predicted octanol–water partition coefficient (Wildman–Crippen LogP) is 17.2. The molecule has 0 saturated heterocycles. The van der Waals surface area contributed by atoms with Crippen LogP contribution in [0.5, 0.6) is 0 Å². The van der Waals surface area contributed by atoms with Crippen LogP contribution in [-0.2, 0) is 4.79 Å². The number of carbonyl (C=O) groups is 1. The molecule has 64 heavy (non-hydrogen) atoms. The number of rotatable bonds is 45. The van der Waals surface area contributed by atoms with Crippen LogP contribution in [0.3, 0.4) is 0 Å². The predicted molar refractivity (Wildman–Crippen MR) is 285 cm³/mol. The van der Waals surface area contributed by atoms with Gasteiger partial charge in [0, 0.05) is 6.42 Å². The Kier molecular flexibility index (Phi) is 50.5. The zero-order valence-electron chi connectivity index (χ0n) is 41.2. The summed E-state index contributed by atoms with van der Waals surface area (Å²) in [6.07, 6.45) is 85.2. The summed E-state index contributed by atoms with van der Waals surface area (Å²) in [6, 6.07) is -0.559. The second kappa shape index (κ2) is 53.6. The summed E-state index contributed by atoms with van der Waals surface area (Å²) >= 11 is 0. The minimum absolute atomic E-state index is 0.0637. The number of hydrogen-bond donors (Lipinski definition) is 3. The van der Waals surface area contributed by atoms with Gasteiger partial charge in [0.2, 0.25) is 5.91 Å². The van der Waals surface area contributed by atoms with E-state index in [-0.39, 0.29) is 12.5 Å². The third-order valence-electron chi connectivity index (χ3n) is 10.9. The van der Waals surface area contributed by atoms with Crippen LogP contribution >= 0.6 is 0 Å². The van der Waals surface area contributed by atoms with E-state index in [2.05, 4.69) is 165 Å². The number of carbonyl (C=O) groups excluding carboxylic acids is 1. The highest BCUT2D eigenvalue weighted by Crippen LogP contribution is 2.14. The van der Waals surface area contributed by atoms with Crippen LogP contribution in [-0.4, -0.2) is 34.9 Å². The van der Waals surface area contributed by atoms with Crippen LogP contribution in [0.1, 0.15) is 206 Å². The second-order valence-electron chi connectivity index (χ2n) is 16.9. The SMILES string of the molecule is CC/C=C\C/C=C\C/C=C\C/C=C\C/C=C\C/C=C\C/C=C\C/C=C\C/C=C\C/C=C\C/C=C\C/C=C\CCCCCCC(=O)NC(CO)C(O)CCCCCCCCCCCCC. The molecule has 0 rings (SSSR count). The van der Waals surface area contributed by atoms with Crippen molar-refractivity contribution in [2.75, 3.05) is 6.61 Å². The standard InChI is InChI=1S/C60H97NO3/c1-3-5-7-9-11-13-15-16-17-18-19-20-21-22-23-24-25-26-27-28-29-30-31-32-33-34-35-36-37-38-39-40-41-42-43-44-46-48-50-52-54-56-60(64)61-58(57-62)59(63)55-53-51-49-47-45-14-12-10-8-6-4-2/h5,7,11,13,16-17,19-20,22-23,25-26,28-29,31-32,34-35,37-38,40-41,43-44,58-59,62-63H,3-4,6,8-10,12,14-15,18,21,24,27,30,33,36,39,42,45-57H2,1-2H3,(H,61,64)/b7-5-,13-11-,17-16-,20-19-,23-22-,26-25-,29-28-,32-31-,35-34-,38-37-,41-40-,44-43-. The third kappa shape index (κ3) is 49.3. The molecular weight excluding hydrogens is 783 g/mol. The van der Waals surface area contributed by atoms with Gasteiger partial charge >= 0.3 is 0 Å². The summed E-state index contributed by atoms with van der Waals surface area (Å²) in [5.74, 6) is -0.0637. The number of aliphatic hydroxyl groups is 2. The molecule has 0 aromatic rings. The summed E-state index contributed by atoms with van der Waals surface area (Å²) in [7, 11) is 0. The molecule has 360 valence electrons. The van der Waals surface area contributed by atoms with Crippen molar-refractivity contribution in [3.05, 3.63) is 146 Å². The van der Waals surface area contributed by atoms with Crippen LogP contribution < -0.4 is 5.32 Å². The fourth-order valence-corrected chi connectivity index (χ4v) is 6.93. The lowest BCUT2D eigenvalue weighted by Gasteiger charge is -2.22. The van der Waals surface area contributed by atoms with Gasteiger partial charge in [0.05, 0.1) is 18.8 Å². The Hall–Kier alpha value is -3.73. The van der Waals surface area contributed by atoms with Crippen LogP contribution in [0.4, 0.5) is 0 Å². The maximum absolute atomic E-state index is 12.4. The molecule has 3 N–H and O–H groups in total. The van der Waals surface area contributed by atoms with Crippen molar-refractivity contribution in [3.8, 4) is 0 Å². The first-order valence-corrected chi connectivity index (χ1v) is 26.0. The smallest absolute Gasteiger partial charge is 0.220 e. The minimum atomic E-state index is -0.679. The molecular formula is C60H97NO3. The lowest BCUT2D eigenvalue weighted by Crippen LogP contribution is -2.45. The van der Waals surface area contributed by atoms with E-state index in [1.54, 1.807) is 0 Å². The Bertz CT molecular complexity index is 1370. The Labute approximate surface area is 395 Å². The van der Waals surface area contributed by atoms with Crippen molar-refractivity contribution >= 4 is 5.91 Å². The molecule has 0 bridgehead atoms. The number of allylic oxidation sites excluding steroid dienone is 24. The second-order valence-corrected chi connectivity index (χ2v) is 16.9. The number of hydrogen-bond acceptors (Lipinski definition) is 3. The van der Waals surface area contributed by atoms with Crippen molar-refractivity contribution in [2.45, 2.75) is 219 Å². The number of amides is 1. The molecule has 2 unspecified atom stereocenters. The zero-order chi connectivity index (χ0) is 46.3. The van der Waals surface area contributed by atoms with Crippen molar-refractivity contribution in [2.24, 2.45) is 0 Å². The number of aliphatic hydroxyl groups excluding tert-OH is 2. The van der Waals surface area contributed by atoms with E-state index in [1.807, 2.05) is 0 Å². The van der Waals surface area contributed by atoms with Crippen LogP contribution in [0.25, 0.3) is 0 Å². The van der Waals surface area contributed by atoms with Gasteiger partial charge in [0.25, 0.3) is 0 Å². The molecule has 0 saturated carbocycles. The van der Waals surface area contributed by atoms with Crippen LogP contribution in [0.15, 0.2) is 146 Å². The van der Waals surface area contributed by atoms with E-state index < -0.39 is 12.1 Å². The maximum atomic E-state index is 12.4. The zero-order valence-corrected chi connectivity index (χ0v) is 41.2. The molecule has 4 nitrogen and oxygen atoms in total. The summed E-state index contributed by atoms with van der Waals surface area (Å²) < 4.78 is 0. The van der Waals surface area contributed by atoms with Crippen LogP contribution in [0, 0.1) is 0 Å². The molecule has 0 aliphatic heterocycles. The first-order chi connectivity index (χ1) is 31.7. The van der Waals surface area contributed by atoms with E-state index in [0.29, 0.717) is 12.8 Å². The molecule has 0 aliphatic carbocycles. The van der Waals surface area contributed by atoms with E-state index in [4.69, 9.17) is 0 Å². The monoisotopic (exact) mass is 880 g/mol. The largest absolute Gasteiger partial charge is 0.394 e. The van der Waals surface area contributed by atoms with Gasteiger partial charge < -0.3 is 15.5 Å². The Morgan fingerprint density at radius 2 is 0.688 bits per heavy atom.